The van der Waals surface area contributed by atoms with E-state index in [9.17, 15) is 10.1 Å². The number of hydrogen-bond acceptors (Lipinski definition) is 7. The molecule has 1 unspecified atom stereocenters. The van der Waals surface area contributed by atoms with Gasteiger partial charge in [-0.05, 0) is 44.2 Å². The lowest BCUT2D eigenvalue weighted by Crippen LogP contribution is -2.21. The molecule has 0 radical (unpaired) electrons. The first kappa shape index (κ1) is 19.5. The van der Waals surface area contributed by atoms with Crippen molar-refractivity contribution in [3.8, 4) is 17.6 Å². The van der Waals surface area contributed by atoms with E-state index in [1.54, 1.807) is 30.3 Å². The molecule has 0 aliphatic carbocycles. The topological polar surface area (TPSA) is 112 Å². The number of benzene rings is 2. The third-order valence-electron chi connectivity index (χ3n) is 5.51. The molecule has 7 nitrogen and oxygen atoms in total. The van der Waals surface area contributed by atoms with Crippen LogP contribution in [0.5, 0.6) is 11.5 Å². The number of aryl methyl sites for hydroxylation is 2. The summed E-state index contributed by atoms with van der Waals surface area (Å²) in [4.78, 5) is 12.8. The van der Waals surface area contributed by atoms with Gasteiger partial charge in [-0.3, -0.25) is 0 Å². The van der Waals surface area contributed by atoms with Crippen LogP contribution in [0.15, 0.2) is 75.1 Å². The maximum Gasteiger partial charge on any atom is 0.379 e. The Kier molecular flexibility index (Phi) is 4.49. The van der Waals surface area contributed by atoms with E-state index < -0.39 is 11.9 Å². The van der Waals surface area contributed by atoms with Crippen LogP contribution < -0.4 is 15.2 Å². The lowest BCUT2D eigenvalue weighted by atomic mass is 9.87. The Bertz CT molecular complexity index is 1440. The van der Waals surface area contributed by atoms with Crippen molar-refractivity contribution >= 4 is 16.9 Å². The van der Waals surface area contributed by atoms with Gasteiger partial charge in [0.1, 0.15) is 34.5 Å². The van der Waals surface area contributed by atoms with E-state index in [1.165, 1.54) is 6.26 Å². The third-order valence-corrected chi connectivity index (χ3v) is 5.51. The van der Waals surface area contributed by atoms with Crippen molar-refractivity contribution in [2.75, 3.05) is 0 Å². The minimum absolute atomic E-state index is 0.0200. The first-order chi connectivity index (χ1) is 15.5. The number of hydrogen-bond donors (Lipinski definition) is 1. The second-order valence-electron chi connectivity index (χ2n) is 7.59. The lowest BCUT2D eigenvalue weighted by molar-refractivity contribution is 0.0702. The summed E-state index contributed by atoms with van der Waals surface area (Å²) in [5, 5.41) is 10.4. The van der Waals surface area contributed by atoms with Crippen molar-refractivity contribution in [1.82, 2.24) is 0 Å². The normalized spacial score (nSPS) is 15.2. The van der Waals surface area contributed by atoms with Crippen LogP contribution >= 0.6 is 0 Å². The molecule has 4 aromatic rings. The standard InChI is InChI=1S/C25H18N2O5/c1-13-5-8-19-17(10-13)14(2)23(31-19)25(28)30-15-6-7-16-21(11-15)32-24(27)18(12-26)22(16)20-4-3-9-29-20/h3-11,22H,27H2,1-2H3. The third kappa shape index (κ3) is 3.10. The number of allylic oxidation sites excluding steroid dienone is 1. The molecule has 1 atom stereocenters. The number of nitrogens with two attached hydrogens (primary N) is 1. The fourth-order valence-electron chi connectivity index (χ4n) is 3.93. The van der Waals surface area contributed by atoms with E-state index in [-0.39, 0.29) is 23.0 Å². The molecule has 7 heteroatoms. The summed E-state index contributed by atoms with van der Waals surface area (Å²) in [6.07, 6.45) is 1.53. The van der Waals surface area contributed by atoms with E-state index >= 15 is 0 Å². The summed E-state index contributed by atoms with van der Waals surface area (Å²) in [7, 11) is 0. The van der Waals surface area contributed by atoms with Gasteiger partial charge >= 0.3 is 5.97 Å². The molecule has 0 bridgehead atoms. The lowest BCUT2D eigenvalue weighted by Gasteiger charge is -2.25. The molecule has 1 aliphatic heterocycles. The predicted octanol–water partition coefficient (Wildman–Crippen LogP) is 5.08. The Balaban J connectivity index is 1.48. The molecular formula is C25H18N2O5. The van der Waals surface area contributed by atoms with Crippen molar-refractivity contribution in [3.63, 3.8) is 0 Å². The minimum Gasteiger partial charge on any atom is -0.468 e. The zero-order valence-corrected chi connectivity index (χ0v) is 17.3. The molecule has 2 N–H and O–H groups in total. The highest BCUT2D eigenvalue weighted by atomic mass is 16.5. The van der Waals surface area contributed by atoms with E-state index in [0.717, 1.165) is 10.9 Å². The van der Waals surface area contributed by atoms with Crippen molar-refractivity contribution in [2.45, 2.75) is 19.8 Å². The number of carbonyl (C=O) groups is 1. The first-order valence-electron chi connectivity index (χ1n) is 9.93. The Morgan fingerprint density at radius 1 is 1.16 bits per heavy atom. The predicted molar refractivity (Wildman–Crippen MR) is 115 cm³/mol. The number of fused-ring (bicyclic) bond motifs is 2. The van der Waals surface area contributed by atoms with Crippen LogP contribution in [0.2, 0.25) is 0 Å². The molecule has 32 heavy (non-hydrogen) atoms. The SMILES string of the molecule is Cc1ccc2oc(C(=O)Oc3ccc4c(c3)OC(N)=C(C#N)C4c3ccco3)c(C)c2c1. The van der Waals surface area contributed by atoms with E-state index in [2.05, 4.69) is 6.07 Å². The Morgan fingerprint density at radius 2 is 2.00 bits per heavy atom. The number of nitrogens with zero attached hydrogens (tertiary/aromatic N) is 1. The second-order valence-corrected chi connectivity index (χ2v) is 7.59. The van der Waals surface area contributed by atoms with Gasteiger partial charge < -0.3 is 24.0 Å². The van der Waals surface area contributed by atoms with Gasteiger partial charge in [0.15, 0.2) is 0 Å². The van der Waals surface area contributed by atoms with Crippen molar-refractivity contribution in [2.24, 2.45) is 5.73 Å². The molecule has 158 valence electrons. The maximum absolute atomic E-state index is 12.8. The summed E-state index contributed by atoms with van der Waals surface area (Å²) in [5.41, 5.74) is 9.33. The molecule has 2 aromatic carbocycles. The number of furan rings is 2. The smallest absolute Gasteiger partial charge is 0.379 e. The monoisotopic (exact) mass is 426 g/mol. The fraction of sp³-hybridized carbons (Fsp3) is 0.120. The number of ether oxygens (including phenoxy) is 2. The van der Waals surface area contributed by atoms with Crippen LogP contribution in [-0.4, -0.2) is 5.97 Å². The molecule has 5 rings (SSSR count). The number of carbonyl (C=O) groups excluding carboxylic acids is 1. The Morgan fingerprint density at radius 3 is 2.75 bits per heavy atom. The molecule has 3 heterocycles. The van der Waals surface area contributed by atoms with Gasteiger partial charge in [0.2, 0.25) is 11.6 Å². The molecule has 0 spiro atoms. The highest BCUT2D eigenvalue weighted by Gasteiger charge is 2.33. The molecular weight excluding hydrogens is 408 g/mol. The van der Waals surface area contributed by atoms with Gasteiger partial charge in [-0.25, -0.2) is 4.79 Å². The largest absolute Gasteiger partial charge is 0.468 e. The molecule has 1 aliphatic rings. The number of nitriles is 1. The highest BCUT2D eigenvalue weighted by molar-refractivity contribution is 5.97. The van der Waals surface area contributed by atoms with Gasteiger partial charge in [0.25, 0.3) is 0 Å². The molecule has 0 amide bonds. The highest BCUT2D eigenvalue weighted by Crippen LogP contribution is 2.43. The quantitative estimate of drug-likeness (QED) is 0.359. The average molecular weight is 426 g/mol. The molecule has 0 fully saturated rings. The van der Waals surface area contributed by atoms with Crippen LogP contribution in [-0.2, 0) is 0 Å². The van der Waals surface area contributed by atoms with E-state index in [0.29, 0.717) is 28.2 Å². The van der Waals surface area contributed by atoms with Crippen LogP contribution in [0.3, 0.4) is 0 Å². The molecule has 0 saturated carbocycles. The summed E-state index contributed by atoms with van der Waals surface area (Å²) in [6.45, 7) is 3.80. The van der Waals surface area contributed by atoms with Gasteiger partial charge in [-0.1, -0.05) is 17.7 Å². The number of esters is 1. The second kappa shape index (κ2) is 7.36. The summed E-state index contributed by atoms with van der Waals surface area (Å²) < 4.78 is 22.5. The van der Waals surface area contributed by atoms with Crippen LogP contribution in [0.4, 0.5) is 0 Å². The Hall–Kier alpha value is -4.44. The van der Waals surface area contributed by atoms with Crippen molar-refractivity contribution < 1.29 is 23.1 Å². The summed E-state index contributed by atoms with van der Waals surface area (Å²) in [5.74, 6) is 0.200. The van der Waals surface area contributed by atoms with Crippen molar-refractivity contribution in [3.05, 3.63) is 94.5 Å². The molecule has 2 aromatic heterocycles. The van der Waals surface area contributed by atoms with Crippen LogP contribution in [0.25, 0.3) is 11.0 Å². The van der Waals surface area contributed by atoms with Gasteiger partial charge in [0.05, 0.1) is 12.2 Å². The van der Waals surface area contributed by atoms with Gasteiger partial charge in [-0.15, -0.1) is 0 Å². The van der Waals surface area contributed by atoms with Crippen LogP contribution in [0.1, 0.15) is 38.9 Å². The minimum atomic E-state index is -0.615. The molecule has 0 saturated heterocycles. The van der Waals surface area contributed by atoms with Crippen LogP contribution in [0, 0.1) is 25.2 Å². The zero-order valence-electron chi connectivity index (χ0n) is 17.3. The van der Waals surface area contributed by atoms with Gasteiger partial charge in [0, 0.05) is 22.6 Å². The summed E-state index contributed by atoms with van der Waals surface area (Å²) in [6, 6.07) is 16.2. The van der Waals surface area contributed by atoms with Crippen molar-refractivity contribution in [1.29, 1.82) is 5.26 Å². The fourth-order valence-corrected chi connectivity index (χ4v) is 3.93. The maximum atomic E-state index is 12.8. The first-order valence-corrected chi connectivity index (χ1v) is 9.93. The number of rotatable bonds is 3. The zero-order chi connectivity index (χ0) is 22.4. The summed E-state index contributed by atoms with van der Waals surface area (Å²) >= 11 is 0. The Labute approximate surface area is 183 Å². The van der Waals surface area contributed by atoms with E-state index in [4.69, 9.17) is 24.0 Å². The average Bonchev–Trinajstić information content (AvgIpc) is 3.41. The van der Waals surface area contributed by atoms with E-state index in [1.807, 2.05) is 32.0 Å². The van der Waals surface area contributed by atoms with Gasteiger partial charge in [-0.2, -0.15) is 5.26 Å².